The summed E-state index contributed by atoms with van der Waals surface area (Å²) in [6, 6.07) is 22.8. The highest BCUT2D eigenvalue weighted by Gasteiger charge is 2.34. The van der Waals surface area contributed by atoms with E-state index < -0.39 is 10.0 Å². The Hall–Kier alpha value is -2.70. The first-order chi connectivity index (χ1) is 14.9. The summed E-state index contributed by atoms with van der Waals surface area (Å²) in [4.78, 5) is 2.61. The number of sulfonamides is 1. The lowest BCUT2D eigenvalue weighted by molar-refractivity contribution is 0.206. The van der Waals surface area contributed by atoms with Crippen molar-refractivity contribution in [3.05, 3.63) is 95.8 Å². The van der Waals surface area contributed by atoms with Crippen molar-refractivity contribution in [1.29, 1.82) is 0 Å². The van der Waals surface area contributed by atoms with Crippen molar-refractivity contribution >= 4 is 15.7 Å². The molecular weight excluding hydrogens is 411 g/mol. The Balaban J connectivity index is 1.54. The van der Waals surface area contributed by atoms with Gasteiger partial charge in [-0.2, -0.15) is 0 Å². The average Bonchev–Trinajstić information content (AvgIpc) is 2.78. The first-order valence-electron chi connectivity index (χ1n) is 10.6. The molecule has 0 saturated carbocycles. The number of rotatable bonds is 6. The minimum Gasteiger partial charge on any atom is -0.299 e. The Morgan fingerprint density at radius 3 is 2.13 bits per heavy atom. The van der Waals surface area contributed by atoms with Gasteiger partial charge in [-0.25, -0.2) is 12.8 Å². The molecule has 1 fully saturated rings. The molecule has 1 heterocycles. The summed E-state index contributed by atoms with van der Waals surface area (Å²) in [6.07, 6.45) is 1.47. The predicted molar refractivity (Wildman–Crippen MR) is 122 cm³/mol. The monoisotopic (exact) mass is 438 g/mol. The number of hydrogen-bond acceptors (Lipinski definition) is 3. The second-order valence-corrected chi connectivity index (χ2v) is 9.90. The molecule has 6 heteroatoms. The smallest absolute Gasteiger partial charge is 0.264 e. The third kappa shape index (κ3) is 4.97. The van der Waals surface area contributed by atoms with Crippen molar-refractivity contribution in [1.82, 2.24) is 4.90 Å². The van der Waals surface area contributed by atoms with Crippen LogP contribution in [-0.2, 0) is 16.6 Å². The van der Waals surface area contributed by atoms with Gasteiger partial charge in [-0.15, -0.1) is 0 Å². The minimum atomic E-state index is -3.68. The normalized spacial score (nSPS) is 15.7. The SMILES string of the molecule is Cc1ccc(S(=O)(=O)N(c2ccccc2)C2CCN(Cc3ccc(F)cc3)CC2)cc1. The fraction of sp³-hybridized carbons (Fsp3) is 0.280. The van der Waals surface area contributed by atoms with Gasteiger partial charge in [0, 0.05) is 25.7 Å². The highest BCUT2D eigenvalue weighted by Crippen LogP contribution is 2.30. The Morgan fingerprint density at radius 2 is 1.52 bits per heavy atom. The van der Waals surface area contributed by atoms with E-state index in [0.29, 0.717) is 10.6 Å². The van der Waals surface area contributed by atoms with Crippen LogP contribution in [-0.4, -0.2) is 32.4 Å². The van der Waals surface area contributed by atoms with E-state index in [9.17, 15) is 12.8 Å². The summed E-state index contributed by atoms with van der Waals surface area (Å²) in [6.45, 7) is 4.26. The predicted octanol–water partition coefficient (Wildman–Crippen LogP) is 4.99. The van der Waals surface area contributed by atoms with Crippen LogP contribution in [0.25, 0.3) is 0 Å². The zero-order valence-corrected chi connectivity index (χ0v) is 18.4. The van der Waals surface area contributed by atoms with E-state index in [1.807, 2.05) is 49.4 Å². The molecule has 0 N–H and O–H groups in total. The molecule has 4 rings (SSSR count). The lowest BCUT2D eigenvalue weighted by Crippen LogP contribution is -2.47. The van der Waals surface area contributed by atoms with Gasteiger partial charge < -0.3 is 0 Å². The van der Waals surface area contributed by atoms with Gasteiger partial charge in [-0.1, -0.05) is 48.0 Å². The average molecular weight is 439 g/mol. The van der Waals surface area contributed by atoms with Gasteiger partial charge in [0.25, 0.3) is 10.0 Å². The molecule has 3 aromatic carbocycles. The molecule has 0 aliphatic carbocycles. The molecule has 0 amide bonds. The van der Waals surface area contributed by atoms with E-state index in [1.165, 1.54) is 12.1 Å². The van der Waals surface area contributed by atoms with E-state index in [0.717, 1.165) is 43.6 Å². The summed E-state index contributed by atoms with van der Waals surface area (Å²) in [5.41, 5.74) is 2.78. The van der Waals surface area contributed by atoms with Gasteiger partial charge in [-0.05, 0) is 61.7 Å². The minimum absolute atomic E-state index is 0.113. The molecule has 4 nitrogen and oxygen atoms in total. The number of para-hydroxylation sites is 1. The third-order valence-corrected chi connectivity index (χ3v) is 7.69. The van der Waals surface area contributed by atoms with Crippen LogP contribution in [0.1, 0.15) is 24.0 Å². The molecule has 0 unspecified atom stereocenters. The van der Waals surface area contributed by atoms with Gasteiger partial charge in [0.2, 0.25) is 0 Å². The number of nitrogens with zero attached hydrogens (tertiary/aromatic N) is 2. The fourth-order valence-corrected chi connectivity index (χ4v) is 5.81. The maximum atomic E-state index is 13.6. The van der Waals surface area contributed by atoms with Gasteiger partial charge in [0.05, 0.1) is 10.6 Å². The van der Waals surface area contributed by atoms with Crippen molar-refractivity contribution < 1.29 is 12.8 Å². The van der Waals surface area contributed by atoms with Crippen LogP contribution in [0, 0.1) is 12.7 Å². The second kappa shape index (κ2) is 9.20. The van der Waals surface area contributed by atoms with Gasteiger partial charge in [0.15, 0.2) is 0 Å². The summed E-state index contributed by atoms with van der Waals surface area (Å²) < 4.78 is 42.0. The van der Waals surface area contributed by atoms with Crippen LogP contribution in [0.3, 0.4) is 0 Å². The standard InChI is InChI=1S/C25H27FN2O2S/c1-20-7-13-25(14-8-20)31(29,30)28(23-5-3-2-4-6-23)24-15-17-27(18-16-24)19-21-9-11-22(26)12-10-21/h2-14,24H,15-19H2,1H3. The number of anilines is 1. The Morgan fingerprint density at radius 1 is 0.903 bits per heavy atom. The van der Waals surface area contributed by atoms with Crippen molar-refractivity contribution in [2.24, 2.45) is 0 Å². The van der Waals surface area contributed by atoms with Crippen molar-refractivity contribution in [2.75, 3.05) is 17.4 Å². The molecule has 0 spiro atoms. The molecule has 31 heavy (non-hydrogen) atoms. The molecule has 1 aliphatic rings. The summed E-state index contributed by atoms with van der Waals surface area (Å²) >= 11 is 0. The maximum absolute atomic E-state index is 13.6. The summed E-state index contributed by atoms with van der Waals surface area (Å²) in [7, 11) is -3.68. The van der Waals surface area contributed by atoms with Crippen molar-refractivity contribution in [2.45, 2.75) is 37.2 Å². The van der Waals surface area contributed by atoms with Crippen LogP contribution in [0.4, 0.5) is 10.1 Å². The molecule has 0 atom stereocenters. The number of benzene rings is 3. The number of halogens is 1. The molecular formula is C25H27FN2O2S. The van der Waals surface area contributed by atoms with E-state index in [2.05, 4.69) is 4.90 Å². The Labute approximate surface area is 184 Å². The Kier molecular flexibility index (Phi) is 6.39. The Bertz CT molecular complexity index is 1090. The number of hydrogen-bond donors (Lipinski definition) is 0. The van der Waals surface area contributed by atoms with E-state index in [1.54, 1.807) is 28.6 Å². The number of aryl methyl sites for hydroxylation is 1. The molecule has 0 radical (unpaired) electrons. The molecule has 0 bridgehead atoms. The number of likely N-dealkylation sites (tertiary alicyclic amines) is 1. The van der Waals surface area contributed by atoms with Crippen LogP contribution < -0.4 is 4.31 Å². The topological polar surface area (TPSA) is 40.6 Å². The van der Waals surface area contributed by atoms with Crippen LogP contribution >= 0.6 is 0 Å². The summed E-state index contributed by atoms with van der Waals surface area (Å²) in [5, 5.41) is 0. The molecule has 162 valence electrons. The first kappa shape index (κ1) is 21.5. The van der Waals surface area contributed by atoms with Gasteiger partial charge in [0.1, 0.15) is 5.82 Å². The fourth-order valence-electron chi connectivity index (χ4n) is 4.10. The van der Waals surface area contributed by atoms with E-state index in [4.69, 9.17) is 0 Å². The third-order valence-electron chi connectivity index (χ3n) is 5.80. The van der Waals surface area contributed by atoms with Gasteiger partial charge >= 0.3 is 0 Å². The quantitative estimate of drug-likeness (QED) is 0.544. The zero-order chi connectivity index (χ0) is 21.8. The molecule has 1 saturated heterocycles. The lowest BCUT2D eigenvalue weighted by atomic mass is 10.0. The van der Waals surface area contributed by atoms with Crippen LogP contribution in [0.2, 0.25) is 0 Å². The van der Waals surface area contributed by atoms with E-state index in [-0.39, 0.29) is 11.9 Å². The molecule has 0 aromatic heterocycles. The van der Waals surface area contributed by atoms with Crippen LogP contribution in [0.15, 0.2) is 83.8 Å². The molecule has 1 aliphatic heterocycles. The van der Waals surface area contributed by atoms with Gasteiger partial charge in [-0.3, -0.25) is 9.21 Å². The maximum Gasteiger partial charge on any atom is 0.264 e. The lowest BCUT2D eigenvalue weighted by Gasteiger charge is -2.39. The largest absolute Gasteiger partial charge is 0.299 e. The molecule has 3 aromatic rings. The van der Waals surface area contributed by atoms with Crippen molar-refractivity contribution in [3.8, 4) is 0 Å². The number of piperidine rings is 1. The zero-order valence-electron chi connectivity index (χ0n) is 17.6. The second-order valence-electron chi connectivity index (χ2n) is 8.08. The highest BCUT2D eigenvalue weighted by atomic mass is 32.2. The first-order valence-corrected chi connectivity index (χ1v) is 12.0. The highest BCUT2D eigenvalue weighted by molar-refractivity contribution is 7.92. The summed E-state index contributed by atoms with van der Waals surface area (Å²) in [5.74, 6) is -0.234. The van der Waals surface area contributed by atoms with Crippen LogP contribution in [0.5, 0.6) is 0 Å². The van der Waals surface area contributed by atoms with E-state index >= 15 is 0 Å². The van der Waals surface area contributed by atoms with Crippen molar-refractivity contribution in [3.63, 3.8) is 0 Å².